The van der Waals surface area contributed by atoms with Crippen LogP contribution in [-0.2, 0) is 22.0 Å². The number of hydrogen-bond donors (Lipinski definition) is 2. The molecule has 0 radical (unpaired) electrons. The highest BCUT2D eigenvalue weighted by atomic mass is 32.2. The highest BCUT2D eigenvalue weighted by Gasteiger charge is 2.26. The van der Waals surface area contributed by atoms with Crippen LogP contribution >= 0.6 is 0 Å². The minimum atomic E-state index is -4.14. The van der Waals surface area contributed by atoms with E-state index in [2.05, 4.69) is 13.0 Å². The molecule has 0 amide bonds. The zero-order valence-corrected chi connectivity index (χ0v) is 12.4. The molecule has 0 fully saturated rings. The summed E-state index contributed by atoms with van der Waals surface area (Å²) in [4.78, 5) is 0. The molecule has 2 N–H and O–H groups in total. The van der Waals surface area contributed by atoms with Crippen LogP contribution < -0.4 is 0 Å². The van der Waals surface area contributed by atoms with Gasteiger partial charge in [-0.3, -0.25) is 4.55 Å². The monoisotopic (exact) mass is 286 g/mol. The minimum absolute atomic E-state index is 0.278. The van der Waals surface area contributed by atoms with Gasteiger partial charge in [-0.2, -0.15) is 8.42 Å². The first-order chi connectivity index (χ1) is 8.64. The average molecular weight is 286 g/mol. The van der Waals surface area contributed by atoms with E-state index in [4.69, 9.17) is 4.55 Å². The van der Waals surface area contributed by atoms with Gasteiger partial charge in [-0.1, -0.05) is 45.0 Å². The van der Waals surface area contributed by atoms with Crippen molar-refractivity contribution in [3.63, 3.8) is 0 Å². The lowest BCUT2D eigenvalue weighted by molar-refractivity contribution is 0.157. The lowest BCUT2D eigenvalue weighted by Crippen LogP contribution is -2.29. The molecular weight excluding hydrogens is 264 g/mol. The first-order valence-electron chi connectivity index (χ1n) is 6.36. The Bertz CT molecular complexity index is 520. The summed E-state index contributed by atoms with van der Waals surface area (Å²) in [6.07, 6.45) is 0.132. The van der Waals surface area contributed by atoms with Gasteiger partial charge < -0.3 is 5.11 Å². The number of aliphatic hydroxyl groups is 1. The van der Waals surface area contributed by atoms with E-state index in [1.807, 2.05) is 32.0 Å². The number of aliphatic hydroxyl groups excluding tert-OH is 1. The van der Waals surface area contributed by atoms with Gasteiger partial charge in [-0.05, 0) is 29.4 Å². The molecule has 1 unspecified atom stereocenters. The van der Waals surface area contributed by atoms with Crippen LogP contribution in [0.2, 0.25) is 0 Å². The Morgan fingerprint density at radius 1 is 1.32 bits per heavy atom. The van der Waals surface area contributed by atoms with Crippen molar-refractivity contribution < 1.29 is 18.1 Å². The maximum Gasteiger partial charge on any atom is 0.267 e. The molecule has 19 heavy (non-hydrogen) atoms. The van der Waals surface area contributed by atoms with E-state index in [-0.39, 0.29) is 11.8 Å². The topological polar surface area (TPSA) is 74.6 Å². The fourth-order valence-electron chi connectivity index (χ4n) is 2.22. The largest absolute Gasteiger partial charge is 0.392 e. The highest BCUT2D eigenvalue weighted by molar-refractivity contribution is 7.85. The zero-order valence-electron chi connectivity index (χ0n) is 11.6. The molecule has 4 nitrogen and oxygen atoms in total. The van der Waals surface area contributed by atoms with E-state index < -0.39 is 22.0 Å². The third-order valence-electron chi connectivity index (χ3n) is 3.27. The standard InChI is InChI=1S/C14H22O4S/c1-4-11-6-5-7-12(8-11)14(2,3)9-13(15)10-19(16,17)18/h5-8,13,15H,4,9-10H2,1-3H3,(H,16,17,18). The Morgan fingerprint density at radius 2 is 1.95 bits per heavy atom. The van der Waals surface area contributed by atoms with Gasteiger partial charge in [0.2, 0.25) is 0 Å². The number of aryl methyl sites for hydroxylation is 1. The van der Waals surface area contributed by atoms with E-state index in [0.717, 1.165) is 12.0 Å². The number of rotatable bonds is 6. The normalized spacial score (nSPS) is 14.4. The Labute approximate surface area is 115 Å². The second-order valence-corrected chi connectivity index (χ2v) is 7.04. The van der Waals surface area contributed by atoms with Crippen LogP contribution in [0.5, 0.6) is 0 Å². The molecule has 0 aliphatic heterocycles. The van der Waals surface area contributed by atoms with Gasteiger partial charge in [0.25, 0.3) is 10.1 Å². The average Bonchev–Trinajstić information content (AvgIpc) is 2.25. The summed E-state index contributed by atoms with van der Waals surface area (Å²) in [5.74, 6) is -0.621. The Kier molecular flexibility index (Phi) is 5.12. The van der Waals surface area contributed by atoms with Crippen molar-refractivity contribution in [3.8, 4) is 0 Å². The van der Waals surface area contributed by atoms with Crippen LogP contribution in [0, 0.1) is 0 Å². The van der Waals surface area contributed by atoms with Crippen LogP contribution in [0.15, 0.2) is 24.3 Å². The summed E-state index contributed by atoms with van der Waals surface area (Å²) in [7, 11) is -4.14. The van der Waals surface area contributed by atoms with Gasteiger partial charge in [0, 0.05) is 0 Å². The van der Waals surface area contributed by atoms with E-state index in [0.29, 0.717) is 0 Å². The summed E-state index contributed by atoms with van der Waals surface area (Å²) in [6.45, 7) is 5.98. The van der Waals surface area contributed by atoms with Crippen molar-refractivity contribution in [2.75, 3.05) is 5.75 Å². The molecular formula is C14H22O4S. The highest BCUT2D eigenvalue weighted by Crippen LogP contribution is 2.29. The second-order valence-electron chi connectivity index (χ2n) is 5.54. The summed E-state index contributed by atoms with van der Waals surface area (Å²) in [5.41, 5.74) is 1.91. The molecule has 108 valence electrons. The van der Waals surface area contributed by atoms with Gasteiger partial charge in [-0.15, -0.1) is 0 Å². The van der Waals surface area contributed by atoms with Gasteiger partial charge in [0.05, 0.1) is 6.10 Å². The Balaban J connectivity index is 2.85. The fraction of sp³-hybridized carbons (Fsp3) is 0.571. The van der Waals surface area contributed by atoms with Gasteiger partial charge in [-0.25, -0.2) is 0 Å². The van der Waals surface area contributed by atoms with Crippen molar-refractivity contribution >= 4 is 10.1 Å². The molecule has 1 aromatic carbocycles. The summed E-state index contributed by atoms with van der Waals surface area (Å²) >= 11 is 0. The van der Waals surface area contributed by atoms with Gasteiger partial charge in [0.15, 0.2) is 0 Å². The number of benzene rings is 1. The van der Waals surface area contributed by atoms with Crippen molar-refractivity contribution in [1.82, 2.24) is 0 Å². The van der Waals surface area contributed by atoms with E-state index in [9.17, 15) is 13.5 Å². The molecule has 0 heterocycles. The Hall–Kier alpha value is -0.910. The van der Waals surface area contributed by atoms with Gasteiger partial charge >= 0.3 is 0 Å². The van der Waals surface area contributed by atoms with Crippen molar-refractivity contribution in [2.45, 2.75) is 45.1 Å². The molecule has 1 aromatic rings. The van der Waals surface area contributed by atoms with Crippen molar-refractivity contribution in [1.29, 1.82) is 0 Å². The van der Waals surface area contributed by atoms with E-state index in [1.54, 1.807) is 0 Å². The summed E-state index contributed by atoms with van der Waals surface area (Å²) < 4.78 is 30.3. The fourth-order valence-corrected chi connectivity index (χ4v) is 2.83. The van der Waals surface area contributed by atoms with Crippen LogP contribution in [0.25, 0.3) is 0 Å². The van der Waals surface area contributed by atoms with E-state index in [1.165, 1.54) is 5.56 Å². The quantitative estimate of drug-likeness (QED) is 0.786. The predicted octanol–water partition coefficient (Wildman–Crippen LogP) is 2.17. The first kappa shape index (κ1) is 16.1. The summed E-state index contributed by atoms with van der Waals surface area (Å²) in [6, 6.07) is 8.04. The number of hydrogen-bond acceptors (Lipinski definition) is 3. The van der Waals surface area contributed by atoms with Crippen LogP contribution in [0.4, 0.5) is 0 Å². The molecule has 5 heteroatoms. The maximum atomic E-state index is 10.8. The lowest BCUT2D eigenvalue weighted by Gasteiger charge is -2.28. The Morgan fingerprint density at radius 3 is 2.47 bits per heavy atom. The molecule has 0 aliphatic rings. The van der Waals surface area contributed by atoms with Crippen molar-refractivity contribution in [3.05, 3.63) is 35.4 Å². The minimum Gasteiger partial charge on any atom is -0.392 e. The van der Waals surface area contributed by atoms with Crippen LogP contribution in [-0.4, -0.2) is 29.9 Å². The smallest absolute Gasteiger partial charge is 0.267 e. The third-order valence-corrected chi connectivity index (χ3v) is 4.07. The van der Waals surface area contributed by atoms with Crippen LogP contribution in [0.3, 0.4) is 0 Å². The SMILES string of the molecule is CCc1cccc(C(C)(C)CC(O)CS(=O)(=O)O)c1. The molecule has 0 aromatic heterocycles. The predicted molar refractivity (Wildman–Crippen MR) is 75.9 cm³/mol. The lowest BCUT2D eigenvalue weighted by atomic mass is 9.79. The van der Waals surface area contributed by atoms with E-state index >= 15 is 0 Å². The zero-order chi connectivity index (χ0) is 14.7. The molecule has 0 aliphatic carbocycles. The molecule has 0 spiro atoms. The molecule has 1 atom stereocenters. The second kappa shape index (κ2) is 6.03. The van der Waals surface area contributed by atoms with Gasteiger partial charge in [0.1, 0.15) is 5.75 Å². The van der Waals surface area contributed by atoms with Crippen LogP contribution in [0.1, 0.15) is 38.3 Å². The third kappa shape index (κ3) is 5.30. The molecule has 0 saturated carbocycles. The molecule has 0 saturated heterocycles. The van der Waals surface area contributed by atoms with Crippen molar-refractivity contribution in [2.24, 2.45) is 0 Å². The molecule has 1 rings (SSSR count). The maximum absolute atomic E-state index is 10.8. The first-order valence-corrected chi connectivity index (χ1v) is 7.97. The molecule has 0 bridgehead atoms. The summed E-state index contributed by atoms with van der Waals surface area (Å²) in [5, 5.41) is 9.77.